The van der Waals surface area contributed by atoms with E-state index in [4.69, 9.17) is 4.52 Å². The van der Waals surface area contributed by atoms with Gasteiger partial charge in [0.25, 0.3) is 11.6 Å². The maximum absolute atomic E-state index is 12.4. The molecule has 1 aliphatic rings. The molecular weight excluding hydrogens is 272 g/mol. The molecule has 2 aromatic heterocycles. The normalized spacial score (nSPS) is 21.9. The summed E-state index contributed by atoms with van der Waals surface area (Å²) in [6, 6.07) is 1.73. The number of aryl methyl sites for hydroxylation is 2. The Morgan fingerprint density at radius 1 is 1.52 bits per heavy atom. The van der Waals surface area contributed by atoms with E-state index in [9.17, 15) is 9.90 Å². The first kappa shape index (κ1) is 14.0. The van der Waals surface area contributed by atoms with Crippen molar-refractivity contribution in [3.8, 4) is 0 Å². The number of carbonyl (C=O) groups excluding carboxylic acids is 1. The standard InChI is InChI=1S/C14H18N4O3/c1-7-3-10(12-8(2)18-21-14(12)17-7)13(20)16-5-9-4-15-6-11(9)19/h3,9,11,15,19H,4-6H2,1-2H3,(H,16,20). The van der Waals surface area contributed by atoms with E-state index in [2.05, 4.69) is 20.8 Å². The number of aromatic nitrogens is 2. The second kappa shape index (κ2) is 5.42. The van der Waals surface area contributed by atoms with Crippen LogP contribution in [0.1, 0.15) is 21.7 Å². The number of β-amino-alcohol motifs (C(OH)–C–C–N with tert-alkyl or cyclic N) is 1. The number of nitrogens with zero attached hydrogens (tertiary/aromatic N) is 2. The molecule has 3 heterocycles. The van der Waals surface area contributed by atoms with Crippen molar-refractivity contribution in [2.45, 2.75) is 20.0 Å². The highest BCUT2D eigenvalue weighted by atomic mass is 16.5. The first-order chi connectivity index (χ1) is 10.1. The summed E-state index contributed by atoms with van der Waals surface area (Å²) in [4.78, 5) is 16.6. The smallest absolute Gasteiger partial charge is 0.258 e. The van der Waals surface area contributed by atoms with Gasteiger partial charge in [0.1, 0.15) is 0 Å². The van der Waals surface area contributed by atoms with Crippen LogP contribution in [0.2, 0.25) is 0 Å². The van der Waals surface area contributed by atoms with Crippen LogP contribution in [0.5, 0.6) is 0 Å². The topological polar surface area (TPSA) is 100 Å². The van der Waals surface area contributed by atoms with Crippen molar-refractivity contribution in [3.05, 3.63) is 23.0 Å². The number of aliphatic hydroxyl groups excluding tert-OH is 1. The maximum atomic E-state index is 12.4. The van der Waals surface area contributed by atoms with E-state index in [0.29, 0.717) is 47.7 Å². The first-order valence-corrected chi connectivity index (χ1v) is 6.97. The van der Waals surface area contributed by atoms with Gasteiger partial charge in [-0.3, -0.25) is 4.79 Å². The third-order valence-electron chi connectivity index (χ3n) is 3.82. The van der Waals surface area contributed by atoms with Crippen molar-refractivity contribution >= 4 is 17.0 Å². The summed E-state index contributed by atoms with van der Waals surface area (Å²) >= 11 is 0. The predicted octanol–water partition coefficient (Wildman–Crippen LogP) is 0.150. The molecule has 3 N–H and O–H groups in total. The fourth-order valence-corrected chi connectivity index (χ4v) is 2.64. The summed E-state index contributed by atoms with van der Waals surface area (Å²) < 4.78 is 5.12. The van der Waals surface area contributed by atoms with E-state index in [1.165, 1.54) is 0 Å². The average Bonchev–Trinajstić information content (AvgIpc) is 3.02. The Morgan fingerprint density at radius 2 is 2.33 bits per heavy atom. The summed E-state index contributed by atoms with van der Waals surface area (Å²) in [5.74, 6) is -0.160. The van der Waals surface area contributed by atoms with E-state index in [1.54, 1.807) is 19.9 Å². The van der Waals surface area contributed by atoms with Gasteiger partial charge in [0, 0.05) is 31.2 Å². The van der Waals surface area contributed by atoms with Gasteiger partial charge in [0.05, 0.1) is 22.7 Å². The molecule has 0 bridgehead atoms. The zero-order valence-electron chi connectivity index (χ0n) is 12.0. The maximum Gasteiger partial charge on any atom is 0.258 e. The van der Waals surface area contributed by atoms with E-state index in [1.807, 2.05) is 0 Å². The highest BCUT2D eigenvalue weighted by Gasteiger charge is 2.26. The minimum atomic E-state index is -0.415. The number of fused-ring (bicyclic) bond motifs is 1. The second-order valence-corrected chi connectivity index (χ2v) is 5.46. The molecule has 2 unspecified atom stereocenters. The van der Waals surface area contributed by atoms with Crippen LogP contribution in [0.25, 0.3) is 11.1 Å². The van der Waals surface area contributed by atoms with Crippen LogP contribution in [0, 0.1) is 19.8 Å². The molecule has 1 saturated heterocycles. The fraction of sp³-hybridized carbons (Fsp3) is 0.500. The van der Waals surface area contributed by atoms with Crippen molar-refractivity contribution in [1.82, 2.24) is 20.8 Å². The Morgan fingerprint density at radius 3 is 3.05 bits per heavy atom. The molecule has 0 aromatic carbocycles. The highest BCUT2D eigenvalue weighted by molar-refractivity contribution is 6.06. The molecule has 0 radical (unpaired) electrons. The molecule has 3 rings (SSSR count). The first-order valence-electron chi connectivity index (χ1n) is 6.97. The van der Waals surface area contributed by atoms with Crippen LogP contribution in [0.15, 0.2) is 10.6 Å². The molecule has 0 aliphatic carbocycles. The lowest BCUT2D eigenvalue weighted by Crippen LogP contribution is -2.34. The third kappa shape index (κ3) is 2.62. The zero-order chi connectivity index (χ0) is 15.0. The van der Waals surface area contributed by atoms with Crippen LogP contribution in [-0.4, -0.2) is 46.9 Å². The van der Waals surface area contributed by atoms with Crippen molar-refractivity contribution in [2.24, 2.45) is 5.92 Å². The van der Waals surface area contributed by atoms with Gasteiger partial charge in [-0.15, -0.1) is 0 Å². The molecular formula is C14H18N4O3. The molecule has 2 aromatic rings. The SMILES string of the molecule is Cc1cc(C(=O)NCC2CNCC2O)c2c(C)noc2n1. The van der Waals surface area contributed by atoms with Crippen molar-refractivity contribution in [1.29, 1.82) is 0 Å². The van der Waals surface area contributed by atoms with Crippen molar-refractivity contribution < 1.29 is 14.4 Å². The average molecular weight is 290 g/mol. The molecule has 1 aliphatic heterocycles. The van der Waals surface area contributed by atoms with Crippen LogP contribution in [0.4, 0.5) is 0 Å². The number of aliphatic hydroxyl groups is 1. The predicted molar refractivity (Wildman–Crippen MR) is 76.0 cm³/mol. The van der Waals surface area contributed by atoms with Crippen molar-refractivity contribution in [2.75, 3.05) is 19.6 Å². The Kier molecular flexibility index (Phi) is 3.60. The summed E-state index contributed by atoms with van der Waals surface area (Å²) in [6.45, 7) is 5.30. The minimum absolute atomic E-state index is 0.0379. The molecule has 1 amide bonds. The monoisotopic (exact) mass is 290 g/mol. The summed E-state index contributed by atoms with van der Waals surface area (Å²) in [6.07, 6.45) is -0.415. The van der Waals surface area contributed by atoms with Crippen LogP contribution < -0.4 is 10.6 Å². The Balaban J connectivity index is 1.82. The Hall–Kier alpha value is -1.99. The molecule has 0 spiro atoms. The largest absolute Gasteiger partial charge is 0.391 e. The van der Waals surface area contributed by atoms with Gasteiger partial charge in [0.15, 0.2) is 0 Å². The van der Waals surface area contributed by atoms with Gasteiger partial charge >= 0.3 is 0 Å². The highest BCUT2D eigenvalue weighted by Crippen LogP contribution is 2.21. The number of carbonyl (C=O) groups is 1. The third-order valence-corrected chi connectivity index (χ3v) is 3.82. The molecule has 7 heteroatoms. The Bertz CT molecular complexity index is 682. The number of pyridine rings is 1. The quantitative estimate of drug-likeness (QED) is 0.744. The lowest BCUT2D eigenvalue weighted by atomic mass is 10.1. The lowest BCUT2D eigenvalue weighted by Gasteiger charge is -2.14. The van der Waals surface area contributed by atoms with Gasteiger partial charge in [-0.2, -0.15) is 0 Å². The van der Waals surface area contributed by atoms with Gasteiger partial charge in [-0.1, -0.05) is 5.16 Å². The van der Waals surface area contributed by atoms with Crippen LogP contribution in [0.3, 0.4) is 0 Å². The molecule has 1 fully saturated rings. The molecule has 0 saturated carbocycles. The van der Waals surface area contributed by atoms with Crippen LogP contribution >= 0.6 is 0 Å². The number of amides is 1. The van der Waals surface area contributed by atoms with Gasteiger partial charge < -0.3 is 20.3 Å². The molecule has 7 nitrogen and oxygen atoms in total. The summed E-state index contributed by atoms with van der Waals surface area (Å²) in [5, 5.41) is 20.2. The number of rotatable bonds is 3. The number of hydrogen-bond acceptors (Lipinski definition) is 6. The van der Waals surface area contributed by atoms with E-state index >= 15 is 0 Å². The zero-order valence-corrected chi connectivity index (χ0v) is 12.0. The van der Waals surface area contributed by atoms with E-state index in [0.717, 1.165) is 0 Å². The molecule has 2 atom stereocenters. The number of nitrogens with one attached hydrogen (secondary N) is 2. The van der Waals surface area contributed by atoms with Crippen molar-refractivity contribution in [3.63, 3.8) is 0 Å². The number of hydrogen-bond donors (Lipinski definition) is 3. The Labute approximate surface area is 121 Å². The van der Waals surface area contributed by atoms with Gasteiger partial charge in [-0.05, 0) is 19.9 Å². The van der Waals surface area contributed by atoms with Gasteiger partial charge in [-0.25, -0.2) is 4.98 Å². The summed E-state index contributed by atoms with van der Waals surface area (Å²) in [5.41, 5.74) is 2.23. The van der Waals surface area contributed by atoms with E-state index in [-0.39, 0.29) is 11.8 Å². The van der Waals surface area contributed by atoms with Gasteiger partial charge in [0.2, 0.25) is 0 Å². The summed E-state index contributed by atoms with van der Waals surface area (Å²) in [7, 11) is 0. The fourth-order valence-electron chi connectivity index (χ4n) is 2.64. The molecule has 21 heavy (non-hydrogen) atoms. The minimum Gasteiger partial charge on any atom is -0.391 e. The molecule has 112 valence electrons. The van der Waals surface area contributed by atoms with E-state index < -0.39 is 6.10 Å². The second-order valence-electron chi connectivity index (χ2n) is 5.46. The van der Waals surface area contributed by atoms with Crippen LogP contribution in [-0.2, 0) is 0 Å². The lowest BCUT2D eigenvalue weighted by molar-refractivity contribution is 0.0928.